The number of aryl methyl sites for hydroxylation is 1. The number of nitrogens with zero attached hydrogens (tertiary/aromatic N) is 5. The number of imide groups is 1. The third-order valence-electron chi connectivity index (χ3n) is 6.79. The molecule has 9 heteroatoms. The van der Waals surface area contributed by atoms with E-state index >= 15 is 0 Å². The van der Waals surface area contributed by atoms with E-state index in [1.54, 1.807) is 23.5 Å². The number of hydrogen-bond donors (Lipinski definition) is 1. The smallest absolute Gasteiger partial charge is 0.319 e. The minimum atomic E-state index is -1.19. The first kappa shape index (κ1) is 22.8. The van der Waals surface area contributed by atoms with Crippen LogP contribution in [0.15, 0.2) is 53.3 Å². The molecule has 2 aromatic carbocycles. The fourth-order valence-electron chi connectivity index (χ4n) is 4.68. The lowest BCUT2D eigenvalue weighted by molar-refractivity contribution is -0.131. The Morgan fingerprint density at radius 3 is 2.31 bits per heavy atom. The summed E-state index contributed by atoms with van der Waals surface area (Å²) in [6, 6.07) is 14.4. The van der Waals surface area contributed by atoms with Crippen molar-refractivity contribution in [3.8, 4) is 0 Å². The highest BCUT2D eigenvalue weighted by Crippen LogP contribution is 2.32. The summed E-state index contributed by atoms with van der Waals surface area (Å²) in [6.45, 7) is 10.3. The molecule has 1 atom stereocenters. The predicted octanol–water partition coefficient (Wildman–Crippen LogP) is 3.33. The molecule has 0 radical (unpaired) electrons. The molecule has 3 amide bonds. The molecule has 5 rings (SSSR count). The average molecular weight is 473 g/mol. The van der Waals surface area contributed by atoms with Gasteiger partial charge in [0, 0.05) is 6.54 Å². The second-order valence-corrected chi connectivity index (χ2v) is 10.1. The highest BCUT2D eigenvalue weighted by molar-refractivity contribution is 6.07. The molecule has 35 heavy (non-hydrogen) atoms. The Hall–Kier alpha value is -4.01. The molecule has 9 nitrogen and oxygen atoms in total. The molecule has 1 N–H and O–H groups in total. The summed E-state index contributed by atoms with van der Waals surface area (Å²) < 4.78 is 3.28. The zero-order chi connectivity index (χ0) is 25.1. The third kappa shape index (κ3) is 3.41. The molecular weight excluding hydrogens is 444 g/mol. The van der Waals surface area contributed by atoms with Gasteiger partial charge in [-0.05, 0) is 42.5 Å². The normalized spacial score (nSPS) is 18.6. The van der Waals surface area contributed by atoms with E-state index in [2.05, 4.69) is 36.3 Å². The van der Waals surface area contributed by atoms with Crippen LogP contribution in [0.3, 0.4) is 0 Å². The molecule has 1 aliphatic heterocycles. The van der Waals surface area contributed by atoms with Crippen LogP contribution in [0.2, 0.25) is 0 Å². The van der Waals surface area contributed by atoms with Crippen molar-refractivity contribution in [2.75, 3.05) is 0 Å². The second-order valence-electron chi connectivity index (χ2n) is 10.1. The van der Waals surface area contributed by atoms with E-state index in [9.17, 15) is 14.4 Å². The van der Waals surface area contributed by atoms with E-state index in [4.69, 9.17) is 0 Å². The number of nitrogens with one attached hydrogen (secondary N) is 1. The minimum Gasteiger partial charge on any atom is -0.319 e. The van der Waals surface area contributed by atoms with Gasteiger partial charge >= 0.3 is 6.03 Å². The van der Waals surface area contributed by atoms with Gasteiger partial charge in [-0.3, -0.25) is 23.5 Å². The average Bonchev–Trinajstić information content (AvgIpc) is 3.34. The van der Waals surface area contributed by atoms with Crippen molar-refractivity contribution in [2.24, 2.45) is 0 Å². The lowest BCUT2D eigenvalue weighted by Crippen LogP contribution is -2.41. The number of benzene rings is 2. The molecular formula is C26H28N6O3. The second kappa shape index (κ2) is 7.76. The molecule has 0 bridgehead atoms. The Morgan fingerprint density at radius 2 is 1.66 bits per heavy atom. The number of para-hydroxylation sites is 1. The number of amides is 3. The van der Waals surface area contributed by atoms with E-state index in [1.807, 2.05) is 43.3 Å². The SMILES string of the molecule is CCn1c(=O)c2ccccc2n2c(CN3C(=O)NC(C)(c4ccc(C(C)(C)C)cc4)C3=O)nnc12. The maximum absolute atomic E-state index is 13.6. The van der Waals surface area contributed by atoms with Crippen LogP contribution in [0.1, 0.15) is 51.6 Å². The van der Waals surface area contributed by atoms with Gasteiger partial charge in [-0.2, -0.15) is 0 Å². The van der Waals surface area contributed by atoms with Gasteiger partial charge in [-0.15, -0.1) is 10.2 Å². The molecule has 4 aromatic rings. The van der Waals surface area contributed by atoms with Crippen molar-refractivity contribution < 1.29 is 9.59 Å². The summed E-state index contributed by atoms with van der Waals surface area (Å²) in [5, 5.41) is 11.9. The van der Waals surface area contributed by atoms with Gasteiger partial charge in [0.15, 0.2) is 5.82 Å². The van der Waals surface area contributed by atoms with E-state index in [0.717, 1.165) is 10.5 Å². The van der Waals surface area contributed by atoms with Crippen LogP contribution in [0.5, 0.6) is 0 Å². The van der Waals surface area contributed by atoms with Crippen molar-refractivity contribution in [3.63, 3.8) is 0 Å². The molecule has 0 aliphatic carbocycles. The highest BCUT2D eigenvalue weighted by Gasteiger charge is 2.49. The van der Waals surface area contributed by atoms with Crippen molar-refractivity contribution >= 4 is 28.6 Å². The molecule has 2 aromatic heterocycles. The minimum absolute atomic E-state index is 0.0226. The van der Waals surface area contributed by atoms with Crippen molar-refractivity contribution in [3.05, 3.63) is 75.8 Å². The van der Waals surface area contributed by atoms with Crippen LogP contribution < -0.4 is 10.9 Å². The maximum atomic E-state index is 13.6. The molecule has 1 aliphatic rings. The largest absolute Gasteiger partial charge is 0.325 e. The van der Waals surface area contributed by atoms with Gasteiger partial charge in [0.25, 0.3) is 11.5 Å². The standard InChI is InChI=1S/C26H28N6O3/c1-6-30-21(33)18-9-7-8-10-19(18)32-20(28-29-23(30)32)15-31-22(34)26(5,27-24(31)35)17-13-11-16(12-14-17)25(2,3)4/h7-14H,6,15H2,1-5H3,(H,27,35). The van der Waals surface area contributed by atoms with Gasteiger partial charge in [-0.1, -0.05) is 57.2 Å². The van der Waals surface area contributed by atoms with Gasteiger partial charge in [0.05, 0.1) is 17.4 Å². The lowest BCUT2D eigenvalue weighted by atomic mass is 9.84. The quantitative estimate of drug-likeness (QED) is 0.459. The summed E-state index contributed by atoms with van der Waals surface area (Å²) in [4.78, 5) is 40.6. The van der Waals surface area contributed by atoms with E-state index in [0.29, 0.717) is 34.6 Å². The van der Waals surface area contributed by atoms with Crippen LogP contribution in [-0.4, -0.2) is 36.0 Å². The lowest BCUT2D eigenvalue weighted by Gasteiger charge is -2.24. The van der Waals surface area contributed by atoms with E-state index in [-0.39, 0.29) is 23.4 Å². The van der Waals surface area contributed by atoms with E-state index < -0.39 is 11.6 Å². The van der Waals surface area contributed by atoms with Crippen LogP contribution in [0, 0.1) is 0 Å². The zero-order valence-corrected chi connectivity index (χ0v) is 20.5. The Labute approximate surface area is 202 Å². The van der Waals surface area contributed by atoms with Gasteiger partial charge < -0.3 is 5.32 Å². The Kier molecular flexibility index (Phi) is 5.05. The van der Waals surface area contributed by atoms with Gasteiger partial charge in [0.2, 0.25) is 5.78 Å². The topological polar surface area (TPSA) is 102 Å². The number of hydrogen-bond acceptors (Lipinski definition) is 5. The fourth-order valence-corrected chi connectivity index (χ4v) is 4.68. The first-order chi connectivity index (χ1) is 16.6. The number of fused-ring (bicyclic) bond motifs is 3. The highest BCUT2D eigenvalue weighted by atomic mass is 16.2. The van der Waals surface area contributed by atoms with Crippen LogP contribution >= 0.6 is 0 Å². The molecule has 0 spiro atoms. The van der Waals surface area contributed by atoms with Gasteiger partial charge in [0.1, 0.15) is 5.54 Å². The number of carbonyl (C=O) groups excluding carboxylic acids is 2. The first-order valence-corrected chi connectivity index (χ1v) is 11.7. The summed E-state index contributed by atoms with van der Waals surface area (Å²) in [6.07, 6.45) is 0. The number of carbonyl (C=O) groups is 2. The predicted molar refractivity (Wildman–Crippen MR) is 132 cm³/mol. The van der Waals surface area contributed by atoms with Gasteiger partial charge in [-0.25, -0.2) is 4.79 Å². The van der Waals surface area contributed by atoms with E-state index in [1.165, 1.54) is 4.57 Å². The van der Waals surface area contributed by atoms with Crippen molar-refractivity contribution in [1.29, 1.82) is 0 Å². The fraction of sp³-hybridized carbons (Fsp3) is 0.346. The molecule has 1 saturated heterocycles. The summed E-state index contributed by atoms with van der Waals surface area (Å²) in [7, 11) is 0. The third-order valence-corrected chi connectivity index (χ3v) is 6.79. The first-order valence-electron chi connectivity index (χ1n) is 11.7. The van der Waals surface area contributed by atoms with Crippen LogP contribution in [-0.2, 0) is 28.8 Å². The number of rotatable bonds is 4. The molecule has 1 fully saturated rings. The Bertz CT molecular complexity index is 1540. The summed E-state index contributed by atoms with van der Waals surface area (Å²) in [5.41, 5.74) is 1.11. The summed E-state index contributed by atoms with van der Waals surface area (Å²) >= 11 is 0. The van der Waals surface area contributed by atoms with Crippen molar-refractivity contribution in [2.45, 2.75) is 58.7 Å². The number of urea groups is 1. The number of aromatic nitrogens is 4. The van der Waals surface area contributed by atoms with Crippen molar-refractivity contribution in [1.82, 2.24) is 29.4 Å². The Balaban J connectivity index is 1.55. The van der Waals surface area contributed by atoms with Crippen LogP contribution in [0.4, 0.5) is 4.79 Å². The maximum Gasteiger partial charge on any atom is 0.325 e. The van der Waals surface area contributed by atoms with Crippen LogP contribution in [0.25, 0.3) is 16.7 Å². The Morgan fingerprint density at radius 1 is 0.971 bits per heavy atom. The monoisotopic (exact) mass is 472 g/mol. The summed E-state index contributed by atoms with van der Waals surface area (Å²) in [5.74, 6) is 0.406. The molecule has 3 heterocycles. The zero-order valence-electron chi connectivity index (χ0n) is 20.5. The molecule has 1 unspecified atom stereocenters. The molecule has 180 valence electrons. The molecule has 0 saturated carbocycles.